The van der Waals surface area contributed by atoms with Crippen LogP contribution in [0.25, 0.3) is 0 Å². The summed E-state index contributed by atoms with van der Waals surface area (Å²) in [7, 11) is -0.139. The zero-order valence-corrected chi connectivity index (χ0v) is 15.7. The van der Waals surface area contributed by atoms with Crippen LogP contribution >= 0.6 is 0 Å². The van der Waals surface area contributed by atoms with E-state index in [0.29, 0.717) is 17.9 Å². The van der Waals surface area contributed by atoms with Crippen LogP contribution in [-0.2, 0) is 14.8 Å². The van der Waals surface area contributed by atoms with E-state index in [0.717, 1.165) is 18.4 Å². The molecule has 0 saturated heterocycles. The van der Waals surface area contributed by atoms with Crippen LogP contribution in [-0.4, -0.2) is 44.2 Å². The van der Waals surface area contributed by atoms with Gasteiger partial charge in [-0.25, -0.2) is 8.42 Å². The first-order valence-electron chi connectivity index (χ1n) is 8.27. The third-order valence-corrected chi connectivity index (χ3v) is 5.90. The van der Waals surface area contributed by atoms with Crippen molar-refractivity contribution in [1.82, 2.24) is 9.21 Å². The van der Waals surface area contributed by atoms with Crippen molar-refractivity contribution >= 4 is 15.9 Å². The Morgan fingerprint density at radius 1 is 1.28 bits per heavy atom. The lowest BCUT2D eigenvalue weighted by Crippen LogP contribution is -2.31. The molecule has 1 aliphatic heterocycles. The van der Waals surface area contributed by atoms with E-state index in [1.807, 2.05) is 13.0 Å². The van der Waals surface area contributed by atoms with Crippen LogP contribution in [0.4, 0.5) is 0 Å². The predicted molar refractivity (Wildman–Crippen MR) is 98.0 cm³/mol. The van der Waals surface area contributed by atoms with Crippen LogP contribution < -0.4 is 0 Å². The van der Waals surface area contributed by atoms with Crippen molar-refractivity contribution in [1.29, 1.82) is 0 Å². The third kappa shape index (κ3) is 5.10. The molecule has 1 aliphatic rings. The summed E-state index contributed by atoms with van der Waals surface area (Å²) in [5, 5.41) is 0. The zero-order chi connectivity index (χ0) is 18.4. The topological polar surface area (TPSA) is 57.7 Å². The smallest absolute Gasteiger partial charge is 0.297 e. The summed E-state index contributed by atoms with van der Waals surface area (Å²) >= 11 is 0. The zero-order valence-electron chi connectivity index (χ0n) is 14.9. The Hall–Kier alpha value is -2.26. The molecule has 0 aromatic heterocycles. The second-order valence-corrected chi connectivity index (χ2v) is 8.25. The molecule has 134 valence electrons. The predicted octanol–water partition coefficient (Wildman–Crippen LogP) is 2.39. The summed E-state index contributed by atoms with van der Waals surface area (Å²) in [5.41, 5.74) is 1.03. The first-order valence-corrected chi connectivity index (χ1v) is 9.71. The summed E-state index contributed by atoms with van der Waals surface area (Å²) < 4.78 is 26.6. The fourth-order valence-electron chi connectivity index (χ4n) is 2.48. The van der Waals surface area contributed by atoms with Gasteiger partial charge in [-0.3, -0.25) is 9.10 Å². The maximum absolute atomic E-state index is 12.6. The lowest BCUT2D eigenvalue weighted by molar-refractivity contribution is -0.122. The van der Waals surface area contributed by atoms with Crippen LogP contribution in [0.15, 0.2) is 41.4 Å². The van der Waals surface area contributed by atoms with Gasteiger partial charge in [0.25, 0.3) is 15.9 Å². The van der Waals surface area contributed by atoms with E-state index >= 15 is 0 Å². The molecule has 0 fully saturated rings. The highest BCUT2D eigenvalue weighted by Gasteiger charge is 2.24. The van der Waals surface area contributed by atoms with Crippen LogP contribution in [0.1, 0.15) is 24.8 Å². The van der Waals surface area contributed by atoms with Crippen molar-refractivity contribution < 1.29 is 13.2 Å². The van der Waals surface area contributed by atoms with Crippen LogP contribution in [0, 0.1) is 24.7 Å². The molecule has 6 heteroatoms. The van der Waals surface area contributed by atoms with Crippen molar-refractivity contribution in [2.45, 2.75) is 31.1 Å². The van der Waals surface area contributed by atoms with Crippen molar-refractivity contribution in [2.24, 2.45) is 5.92 Å². The Kier molecular flexibility index (Phi) is 6.27. The Balaban J connectivity index is 1.93. The number of amides is 1. The van der Waals surface area contributed by atoms with Gasteiger partial charge in [0, 0.05) is 33.3 Å². The summed E-state index contributed by atoms with van der Waals surface area (Å²) in [6, 6.07) is 6.89. The highest BCUT2D eigenvalue weighted by Crippen LogP contribution is 2.24. The molecule has 1 aromatic rings. The second kappa shape index (κ2) is 8.21. The van der Waals surface area contributed by atoms with Crippen LogP contribution in [0.2, 0.25) is 0 Å². The SMILES string of the molecule is Cc1ccc(S(=O)(=O)N2C=CC(CCC#CC(=O)N(C)C)CC2)cc1. The summed E-state index contributed by atoms with van der Waals surface area (Å²) in [5.74, 6) is 5.55. The highest BCUT2D eigenvalue weighted by atomic mass is 32.2. The number of aryl methyl sites for hydroxylation is 1. The Labute approximate surface area is 150 Å². The highest BCUT2D eigenvalue weighted by molar-refractivity contribution is 7.89. The molecule has 0 saturated carbocycles. The van der Waals surface area contributed by atoms with E-state index < -0.39 is 10.0 Å². The molecule has 5 nitrogen and oxygen atoms in total. The van der Waals surface area contributed by atoms with Gasteiger partial charge in [0.05, 0.1) is 4.90 Å². The Morgan fingerprint density at radius 2 is 1.96 bits per heavy atom. The van der Waals surface area contributed by atoms with Crippen LogP contribution in [0.3, 0.4) is 0 Å². The molecular weight excluding hydrogens is 336 g/mol. The molecule has 1 atom stereocenters. The lowest BCUT2D eigenvalue weighted by Gasteiger charge is -2.27. The molecule has 0 N–H and O–H groups in total. The number of nitrogens with zero attached hydrogens (tertiary/aromatic N) is 2. The van der Waals surface area contributed by atoms with Gasteiger partial charge in [0.1, 0.15) is 0 Å². The molecule has 0 bridgehead atoms. The van der Waals surface area contributed by atoms with E-state index in [1.165, 1.54) is 9.21 Å². The third-order valence-electron chi connectivity index (χ3n) is 4.11. The minimum atomic E-state index is -3.48. The van der Waals surface area contributed by atoms with Gasteiger partial charge in [0.2, 0.25) is 0 Å². The number of carbonyl (C=O) groups excluding carboxylic acids is 1. The molecule has 0 radical (unpaired) electrons. The second-order valence-electron chi connectivity index (χ2n) is 6.36. The van der Waals surface area contributed by atoms with Crippen molar-refractivity contribution in [2.75, 3.05) is 20.6 Å². The van der Waals surface area contributed by atoms with Gasteiger partial charge in [-0.1, -0.05) is 29.7 Å². The molecule has 0 spiro atoms. The van der Waals surface area contributed by atoms with Gasteiger partial charge in [-0.15, -0.1) is 0 Å². The average molecular weight is 360 g/mol. The van der Waals surface area contributed by atoms with Gasteiger partial charge in [0.15, 0.2) is 0 Å². The van der Waals surface area contributed by atoms with Gasteiger partial charge in [-0.2, -0.15) is 0 Å². The largest absolute Gasteiger partial charge is 0.338 e. The van der Waals surface area contributed by atoms with E-state index in [4.69, 9.17) is 0 Å². The average Bonchev–Trinajstić information content (AvgIpc) is 2.59. The van der Waals surface area contributed by atoms with E-state index in [-0.39, 0.29) is 11.8 Å². The maximum atomic E-state index is 12.6. The maximum Gasteiger partial charge on any atom is 0.297 e. The number of hydrogen-bond donors (Lipinski definition) is 0. The minimum Gasteiger partial charge on any atom is -0.338 e. The first kappa shape index (κ1) is 19.1. The number of sulfonamides is 1. The quantitative estimate of drug-likeness (QED) is 0.775. The van der Waals surface area contributed by atoms with Gasteiger partial charge < -0.3 is 4.90 Å². The fourth-order valence-corrected chi connectivity index (χ4v) is 3.80. The first-order chi connectivity index (χ1) is 11.8. The molecule has 0 aliphatic carbocycles. The van der Waals surface area contributed by atoms with Crippen molar-refractivity contribution in [3.05, 3.63) is 42.1 Å². The number of allylic oxidation sites excluding steroid dienone is 1. The molecule has 1 unspecified atom stereocenters. The molecular formula is C19H24N2O3S. The number of hydrogen-bond acceptors (Lipinski definition) is 3. The van der Waals surface area contributed by atoms with Crippen molar-refractivity contribution in [3.8, 4) is 11.8 Å². The molecule has 25 heavy (non-hydrogen) atoms. The Morgan fingerprint density at radius 3 is 2.52 bits per heavy atom. The van der Waals surface area contributed by atoms with E-state index in [1.54, 1.807) is 44.6 Å². The van der Waals surface area contributed by atoms with Gasteiger partial charge >= 0.3 is 0 Å². The Bertz CT molecular complexity index is 799. The molecule has 1 aromatic carbocycles. The fraction of sp³-hybridized carbons (Fsp3) is 0.421. The van der Waals surface area contributed by atoms with Crippen LogP contribution in [0.5, 0.6) is 0 Å². The molecule has 1 amide bonds. The molecule has 1 heterocycles. The monoisotopic (exact) mass is 360 g/mol. The van der Waals surface area contributed by atoms with E-state index in [9.17, 15) is 13.2 Å². The lowest BCUT2D eigenvalue weighted by atomic mass is 9.98. The van der Waals surface area contributed by atoms with Gasteiger partial charge in [-0.05, 0) is 43.7 Å². The number of carbonyl (C=O) groups is 1. The normalized spacial score (nSPS) is 16.9. The summed E-state index contributed by atoms with van der Waals surface area (Å²) in [4.78, 5) is 13.1. The molecule has 2 rings (SSSR count). The minimum absolute atomic E-state index is 0.199. The van der Waals surface area contributed by atoms with E-state index in [2.05, 4.69) is 11.8 Å². The van der Waals surface area contributed by atoms with Crippen molar-refractivity contribution in [3.63, 3.8) is 0 Å². The standard InChI is InChI=1S/C19H24N2O3S/c1-16-8-10-18(11-9-16)25(23,24)21-14-12-17(13-15-21)6-4-5-7-19(22)20(2)3/h8-12,14,17H,4,6,13,15H2,1-3H3. The summed E-state index contributed by atoms with van der Waals surface area (Å²) in [6.45, 7) is 2.39. The number of rotatable bonds is 4. The summed E-state index contributed by atoms with van der Waals surface area (Å²) in [6.07, 6.45) is 5.78. The number of benzene rings is 1.